The van der Waals surface area contributed by atoms with Gasteiger partial charge in [-0.25, -0.2) is 0 Å². The second-order valence-corrected chi connectivity index (χ2v) is 6.08. The van der Waals surface area contributed by atoms with Crippen LogP contribution in [0.15, 0.2) is 0 Å². The molecule has 1 heterocycles. The standard InChI is InChI=1S/C13H28N2O/c1-4-6-12(2,9-14)10-15-8-5-7-13(3,16)11-15/h16H,4-11,14H2,1-3H3. The minimum absolute atomic E-state index is 0.210. The quantitative estimate of drug-likeness (QED) is 0.751. The van der Waals surface area contributed by atoms with E-state index in [0.717, 1.165) is 39.0 Å². The third-order valence-corrected chi connectivity index (χ3v) is 3.71. The van der Waals surface area contributed by atoms with Crippen LogP contribution >= 0.6 is 0 Å². The maximum atomic E-state index is 10.1. The number of hydrogen-bond acceptors (Lipinski definition) is 3. The molecule has 1 aliphatic heterocycles. The van der Waals surface area contributed by atoms with E-state index >= 15 is 0 Å². The molecular formula is C13H28N2O. The van der Waals surface area contributed by atoms with Crippen LogP contribution in [0.5, 0.6) is 0 Å². The normalized spacial score (nSPS) is 31.3. The Morgan fingerprint density at radius 2 is 2.19 bits per heavy atom. The fraction of sp³-hybridized carbons (Fsp3) is 1.00. The Morgan fingerprint density at radius 1 is 1.50 bits per heavy atom. The Morgan fingerprint density at radius 3 is 2.69 bits per heavy atom. The molecule has 0 aromatic carbocycles. The third kappa shape index (κ3) is 4.04. The smallest absolute Gasteiger partial charge is 0.0746 e. The lowest BCUT2D eigenvalue weighted by Crippen LogP contribution is -2.50. The van der Waals surface area contributed by atoms with Crippen LogP contribution in [-0.4, -0.2) is 41.8 Å². The molecule has 1 saturated heterocycles. The van der Waals surface area contributed by atoms with Crippen molar-refractivity contribution in [3.8, 4) is 0 Å². The predicted octanol–water partition coefficient (Wildman–Crippen LogP) is 1.60. The van der Waals surface area contributed by atoms with Gasteiger partial charge in [0.1, 0.15) is 0 Å². The van der Waals surface area contributed by atoms with Crippen LogP contribution in [0.2, 0.25) is 0 Å². The number of nitrogens with zero attached hydrogens (tertiary/aromatic N) is 1. The van der Waals surface area contributed by atoms with Crippen molar-refractivity contribution < 1.29 is 5.11 Å². The zero-order chi connectivity index (χ0) is 12.2. The monoisotopic (exact) mass is 228 g/mol. The lowest BCUT2D eigenvalue weighted by atomic mass is 9.83. The number of aliphatic hydroxyl groups is 1. The molecule has 3 nitrogen and oxygen atoms in total. The minimum atomic E-state index is -0.500. The third-order valence-electron chi connectivity index (χ3n) is 3.71. The van der Waals surface area contributed by atoms with Crippen molar-refractivity contribution in [1.82, 2.24) is 4.90 Å². The largest absolute Gasteiger partial charge is 0.389 e. The first-order chi connectivity index (χ1) is 7.41. The lowest BCUT2D eigenvalue weighted by molar-refractivity contribution is -0.0270. The molecule has 0 amide bonds. The van der Waals surface area contributed by atoms with E-state index in [1.165, 1.54) is 12.8 Å². The lowest BCUT2D eigenvalue weighted by Gasteiger charge is -2.41. The fourth-order valence-corrected chi connectivity index (χ4v) is 2.85. The Kier molecular flexibility index (Phi) is 4.77. The zero-order valence-electron chi connectivity index (χ0n) is 11.1. The van der Waals surface area contributed by atoms with Gasteiger partial charge in [0, 0.05) is 13.1 Å². The van der Waals surface area contributed by atoms with Crippen molar-refractivity contribution in [2.45, 2.75) is 52.1 Å². The van der Waals surface area contributed by atoms with Crippen molar-refractivity contribution in [2.24, 2.45) is 11.1 Å². The number of hydrogen-bond donors (Lipinski definition) is 2. The summed E-state index contributed by atoms with van der Waals surface area (Å²) in [5, 5.41) is 10.1. The van der Waals surface area contributed by atoms with Gasteiger partial charge in [0.05, 0.1) is 5.60 Å². The van der Waals surface area contributed by atoms with Gasteiger partial charge >= 0.3 is 0 Å². The molecule has 0 spiro atoms. The summed E-state index contributed by atoms with van der Waals surface area (Å²) in [7, 11) is 0. The molecule has 0 bridgehead atoms. The summed E-state index contributed by atoms with van der Waals surface area (Å²) in [4.78, 5) is 2.38. The van der Waals surface area contributed by atoms with E-state index in [1.807, 2.05) is 6.92 Å². The summed E-state index contributed by atoms with van der Waals surface area (Å²) in [6, 6.07) is 0. The Balaban J connectivity index is 2.51. The van der Waals surface area contributed by atoms with E-state index in [2.05, 4.69) is 18.7 Å². The van der Waals surface area contributed by atoms with E-state index in [0.29, 0.717) is 0 Å². The number of piperidine rings is 1. The van der Waals surface area contributed by atoms with E-state index < -0.39 is 5.60 Å². The molecule has 16 heavy (non-hydrogen) atoms. The highest BCUT2D eigenvalue weighted by molar-refractivity contribution is 4.87. The summed E-state index contributed by atoms with van der Waals surface area (Å²) in [5.74, 6) is 0. The maximum absolute atomic E-state index is 10.1. The van der Waals surface area contributed by atoms with Gasteiger partial charge in [-0.3, -0.25) is 4.90 Å². The fourth-order valence-electron chi connectivity index (χ4n) is 2.85. The van der Waals surface area contributed by atoms with Crippen LogP contribution in [0.3, 0.4) is 0 Å². The van der Waals surface area contributed by atoms with Gasteiger partial charge < -0.3 is 10.8 Å². The summed E-state index contributed by atoms with van der Waals surface area (Å²) in [6.45, 7) is 10.1. The number of rotatable bonds is 5. The molecule has 3 N–H and O–H groups in total. The van der Waals surface area contributed by atoms with Crippen molar-refractivity contribution >= 4 is 0 Å². The Labute approximate surface area is 100 Å². The molecule has 0 radical (unpaired) electrons. The summed E-state index contributed by atoms with van der Waals surface area (Å²) in [5.41, 5.74) is 5.60. The first-order valence-electron chi connectivity index (χ1n) is 6.56. The molecule has 2 unspecified atom stereocenters. The number of nitrogens with two attached hydrogens (primary N) is 1. The molecular weight excluding hydrogens is 200 g/mol. The van der Waals surface area contributed by atoms with E-state index in [9.17, 15) is 5.11 Å². The van der Waals surface area contributed by atoms with Crippen molar-refractivity contribution in [3.63, 3.8) is 0 Å². The zero-order valence-corrected chi connectivity index (χ0v) is 11.1. The van der Waals surface area contributed by atoms with Crippen LogP contribution in [0.1, 0.15) is 46.5 Å². The molecule has 3 heteroatoms. The molecule has 1 fully saturated rings. The second kappa shape index (κ2) is 5.48. The average Bonchev–Trinajstić information content (AvgIpc) is 2.16. The Bertz CT molecular complexity index is 218. The van der Waals surface area contributed by atoms with Gasteiger partial charge in [-0.1, -0.05) is 20.3 Å². The molecule has 1 rings (SSSR count). The highest BCUT2D eigenvalue weighted by Crippen LogP contribution is 2.27. The summed E-state index contributed by atoms with van der Waals surface area (Å²) < 4.78 is 0. The molecule has 0 saturated carbocycles. The van der Waals surface area contributed by atoms with Gasteiger partial charge in [0.15, 0.2) is 0 Å². The van der Waals surface area contributed by atoms with Gasteiger partial charge in [0.2, 0.25) is 0 Å². The number of likely N-dealkylation sites (tertiary alicyclic amines) is 1. The average molecular weight is 228 g/mol. The van der Waals surface area contributed by atoms with Crippen molar-refractivity contribution in [1.29, 1.82) is 0 Å². The molecule has 96 valence electrons. The molecule has 0 aromatic heterocycles. The van der Waals surface area contributed by atoms with Crippen molar-refractivity contribution in [2.75, 3.05) is 26.2 Å². The molecule has 1 aliphatic rings. The summed E-state index contributed by atoms with van der Waals surface area (Å²) >= 11 is 0. The first kappa shape index (κ1) is 13.9. The van der Waals surface area contributed by atoms with E-state index in [4.69, 9.17) is 5.73 Å². The van der Waals surface area contributed by atoms with Crippen LogP contribution in [0.4, 0.5) is 0 Å². The molecule has 0 aliphatic carbocycles. The van der Waals surface area contributed by atoms with Crippen LogP contribution in [0, 0.1) is 5.41 Å². The van der Waals surface area contributed by atoms with Gasteiger partial charge in [0.25, 0.3) is 0 Å². The SMILES string of the molecule is CCCC(C)(CN)CN1CCCC(C)(O)C1. The predicted molar refractivity (Wildman–Crippen MR) is 68.4 cm³/mol. The van der Waals surface area contributed by atoms with Crippen molar-refractivity contribution in [3.05, 3.63) is 0 Å². The first-order valence-corrected chi connectivity index (χ1v) is 6.56. The van der Waals surface area contributed by atoms with E-state index in [1.54, 1.807) is 0 Å². The Hall–Kier alpha value is -0.120. The minimum Gasteiger partial charge on any atom is -0.389 e. The maximum Gasteiger partial charge on any atom is 0.0746 e. The van der Waals surface area contributed by atoms with Crippen LogP contribution in [-0.2, 0) is 0 Å². The van der Waals surface area contributed by atoms with Gasteiger partial charge in [-0.15, -0.1) is 0 Å². The molecule has 2 atom stereocenters. The highest BCUT2D eigenvalue weighted by atomic mass is 16.3. The highest BCUT2D eigenvalue weighted by Gasteiger charge is 2.32. The topological polar surface area (TPSA) is 49.5 Å². The summed E-state index contributed by atoms with van der Waals surface area (Å²) in [6.07, 6.45) is 4.37. The van der Waals surface area contributed by atoms with Crippen LogP contribution in [0.25, 0.3) is 0 Å². The van der Waals surface area contributed by atoms with Gasteiger partial charge in [-0.2, -0.15) is 0 Å². The van der Waals surface area contributed by atoms with Gasteiger partial charge in [-0.05, 0) is 44.7 Å². The second-order valence-electron chi connectivity index (χ2n) is 6.08. The number of β-amino-alcohol motifs (C(OH)–C–C–N with tert-alkyl or cyclic N) is 1. The molecule has 0 aromatic rings. The van der Waals surface area contributed by atoms with Crippen LogP contribution < -0.4 is 5.73 Å². The van der Waals surface area contributed by atoms with E-state index in [-0.39, 0.29) is 5.41 Å².